The monoisotopic (exact) mass is 426 g/mol. The first-order valence-electron chi connectivity index (χ1n) is 9.97. The second-order valence-electron chi connectivity index (χ2n) is 7.53. The Labute approximate surface area is 181 Å². The molecule has 2 aromatic carbocycles. The molecule has 1 aliphatic rings. The van der Waals surface area contributed by atoms with Gasteiger partial charge in [-0.2, -0.15) is 12.6 Å². The van der Waals surface area contributed by atoms with Gasteiger partial charge in [-0.25, -0.2) is 4.79 Å². The maximum atomic E-state index is 13.0. The van der Waals surface area contributed by atoms with Gasteiger partial charge in [-0.1, -0.05) is 54.6 Å². The van der Waals surface area contributed by atoms with Gasteiger partial charge in [-0.3, -0.25) is 9.59 Å². The molecule has 0 spiro atoms. The lowest BCUT2D eigenvalue weighted by atomic mass is 9.99. The van der Waals surface area contributed by atoms with Gasteiger partial charge in [0.15, 0.2) is 0 Å². The molecule has 158 valence electrons. The number of nitrogens with zero attached hydrogens (tertiary/aromatic N) is 1. The number of benzene rings is 2. The van der Waals surface area contributed by atoms with Crippen LogP contribution in [0.2, 0.25) is 0 Å². The van der Waals surface area contributed by atoms with Crippen LogP contribution in [0.5, 0.6) is 0 Å². The third-order valence-electron chi connectivity index (χ3n) is 5.49. The van der Waals surface area contributed by atoms with Crippen molar-refractivity contribution in [3.63, 3.8) is 0 Å². The van der Waals surface area contributed by atoms with E-state index in [1.807, 2.05) is 61.5 Å². The van der Waals surface area contributed by atoms with Gasteiger partial charge in [0.25, 0.3) is 0 Å². The number of thiol groups is 1. The fourth-order valence-electron chi connectivity index (χ4n) is 3.97. The van der Waals surface area contributed by atoms with Crippen LogP contribution in [0.1, 0.15) is 35.6 Å². The van der Waals surface area contributed by atoms with Crippen LogP contribution in [0.25, 0.3) is 0 Å². The zero-order valence-electron chi connectivity index (χ0n) is 16.8. The van der Waals surface area contributed by atoms with Crippen molar-refractivity contribution in [2.75, 3.05) is 6.54 Å². The number of hydrogen-bond acceptors (Lipinski definition) is 4. The minimum atomic E-state index is -1.03. The van der Waals surface area contributed by atoms with E-state index in [1.54, 1.807) is 0 Å². The van der Waals surface area contributed by atoms with E-state index < -0.39 is 23.2 Å². The maximum absolute atomic E-state index is 13.0. The average Bonchev–Trinajstić information content (AvgIpc) is 3.18. The topological polar surface area (TPSA) is 86.7 Å². The van der Waals surface area contributed by atoms with Crippen LogP contribution in [0.4, 0.5) is 0 Å². The first-order chi connectivity index (χ1) is 14.4. The van der Waals surface area contributed by atoms with Crippen molar-refractivity contribution in [3.8, 4) is 0 Å². The number of carboxylic acids is 1. The summed E-state index contributed by atoms with van der Waals surface area (Å²) in [5.74, 6) is -1.78. The molecule has 3 atom stereocenters. The number of carbonyl (C=O) groups excluding carboxylic acids is 2. The molecule has 1 fully saturated rings. The third-order valence-corrected chi connectivity index (χ3v) is 5.91. The predicted molar refractivity (Wildman–Crippen MR) is 117 cm³/mol. The summed E-state index contributed by atoms with van der Waals surface area (Å²) in [6.45, 7) is 1.69. The van der Waals surface area contributed by atoms with Crippen molar-refractivity contribution in [2.24, 2.45) is 0 Å². The molecule has 0 bridgehead atoms. The lowest BCUT2D eigenvalue weighted by molar-refractivity contribution is -0.149. The number of amides is 2. The molecule has 0 saturated carbocycles. The fourth-order valence-corrected chi connectivity index (χ4v) is 4.27. The van der Waals surface area contributed by atoms with E-state index >= 15 is 0 Å². The summed E-state index contributed by atoms with van der Waals surface area (Å²) >= 11 is 4.36. The summed E-state index contributed by atoms with van der Waals surface area (Å²) in [7, 11) is 0. The molecule has 1 saturated heterocycles. The minimum absolute atomic E-state index is 0.253. The number of carboxylic acid groups (broad SMARTS) is 1. The van der Waals surface area contributed by atoms with Crippen molar-refractivity contribution < 1.29 is 19.5 Å². The van der Waals surface area contributed by atoms with E-state index in [-0.39, 0.29) is 18.5 Å². The first kappa shape index (κ1) is 21.9. The lowest BCUT2D eigenvalue weighted by Gasteiger charge is -2.30. The Bertz CT molecular complexity index is 918. The third kappa shape index (κ3) is 5.02. The standard InChI is InChI=1S/C23H26N2O4S/c1-15-7-5-6-10-17(15)18-11-12-19(23(28)29)25(18)21(26)14-24-22(27)20(30)13-16-8-3-2-4-9-16/h2-10,18-20,30H,11-14H2,1H3,(H,24,27)(H,28,29)/t18?,19-,20?/m0/s1. The van der Waals surface area contributed by atoms with E-state index in [0.29, 0.717) is 19.3 Å². The van der Waals surface area contributed by atoms with Gasteiger partial charge in [-0.15, -0.1) is 0 Å². The van der Waals surface area contributed by atoms with Crippen LogP contribution in [0.3, 0.4) is 0 Å². The summed E-state index contributed by atoms with van der Waals surface area (Å²) in [5.41, 5.74) is 2.93. The van der Waals surface area contributed by atoms with Crippen LogP contribution in [-0.2, 0) is 20.8 Å². The normalized spacial score (nSPS) is 19.3. The van der Waals surface area contributed by atoms with Gasteiger partial charge >= 0.3 is 5.97 Å². The van der Waals surface area contributed by atoms with Crippen molar-refractivity contribution in [1.29, 1.82) is 0 Å². The molecular weight excluding hydrogens is 400 g/mol. The van der Waals surface area contributed by atoms with E-state index in [4.69, 9.17) is 0 Å². The molecule has 3 rings (SSSR count). The molecule has 30 heavy (non-hydrogen) atoms. The average molecular weight is 427 g/mol. The predicted octanol–water partition coefficient (Wildman–Crippen LogP) is 2.77. The minimum Gasteiger partial charge on any atom is -0.480 e. The summed E-state index contributed by atoms with van der Waals surface area (Å²) < 4.78 is 0. The second-order valence-corrected chi connectivity index (χ2v) is 8.15. The molecule has 1 aliphatic heterocycles. The number of carbonyl (C=O) groups is 3. The van der Waals surface area contributed by atoms with Gasteiger partial charge in [0.05, 0.1) is 17.8 Å². The number of likely N-dealkylation sites (tertiary alicyclic amines) is 1. The van der Waals surface area contributed by atoms with Crippen molar-refractivity contribution in [3.05, 3.63) is 71.3 Å². The van der Waals surface area contributed by atoms with Crippen molar-refractivity contribution >= 4 is 30.4 Å². The summed E-state index contributed by atoms with van der Waals surface area (Å²) in [5, 5.41) is 11.6. The summed E-state index contributed by atoms with van der Waals surface area (Å²) in [4.78, 5) is 38.5. The van der Waals surface area contributed by atoms with Crippen LogP contribution in [-0.4, -0.2) is 45.6 Å². The molecule has 0 aliphatic carbocycles. The van der Waals surface area contributed by atoms with Crippen LogP contribution in [0.15, 0.2) is 54.6 Å². The zero-order chi connectivity index (χ0) is 21.7. The maximum Gasteiger partial charge on any atom is 0.326 e. The molecule has 2 amide bonds. The summed E-state index contributed by atoms with van der Waals surface area (Å²) in [6.07, 6.45) is 1.40. The van der Waals surface area contributed by atoms with Crippen molar-refractivity contribution in [1.82, 2.24) is 10.2 Å². The van der Waals surface area contributed by atoms with E-state index in [9.17, 15) is 19.5 Å². The van der Waals surface area contributed by atoms with E-state index in [1.165, 1.54) is 4.90 Å². The quantitative estimate of drug-likeness (QED) is 0.594. The van der Waals surface area contributed by atoms with E-state index in [0.717, 1.165) is 16.7 Å². The van der Waals surface area contributed by atoms with Gasteiger partial charge in [0.2, 0.25) is 11.8 Å². The molecule has 1 heterocycles. The Morgan fingerprint density at radius 3 is 2.43 bits per heavy atom. The fraction of sp³-hybridized carbons (Fsp3) is 0.348. The van der Waals surface area contributed by atoms with Gasteiger partial charge < -0.3 is 15.3 Å². The highest BCUT2D eigenvalue weighted by molar-refractivity contribution is 7.81. The molecule has 7 heteroatoms. The molecule has 2 N–H and O–H groups in total. The van der Waals surface area contributed by atoms with Crippen LogP contribution < -0.4 is 5.32 Å². The Kier molecular flexibility index (Phi) is 7.15. The molecule has 2 unspecified atom stereocenters. The van der Waals surface area contributed by atoms with Gasteiger partial charge in [0, 0.05) is 0 Å². The highest BCUT2D eigenvalue weighted by Gasteiger charge is 2.41. The number of aryl methyl sites for hydroxylation is 1. The SMILES string of the molecule is Cc1ccccc1C1CC[C@@H](C(=O)O)N1C(=O)CNC(=O)C(S)Cc1ccccc1. The molecular formula is C23H26N2O4S. The number of rotatable bonds is 7. The smallest absolute Gasteiger partial charge is 0.326 e. The highest BCUT2D eigenvalue weighted by atomic mass is 32.1. The number of nitrogens with one attached hydrogen (secondary N) is 1. The highest BCUT2D eigenvalue weighted by Crippen LogP contribution is 2.37. The first-order valence-corrected chi connectivity index (χ1v) is 10.5. The van der Waals surface area contributed by atoms with E-state index in [2.05, 4.69) is 17.9 Å². The van der Waals surface area contributed by atoms with Crippen LogP contribution in [0, 0.1) is 6.92 Å². The molecule has 0 aromatic heterocycles. The largest absolute Gasteiger partial charge is 0.480 e. The van der Waals surface area contributed by atoms with Crippen molar-refractivity contribution in [2.45, 2.75) is 43.5 Å². The Morgan fingerprint density at radius 2 is 1.77 bits per heavy atom. The second kappa shape index (κ2) is 9.80. The lowest BCUT2D eigenvalue weighted by Crippen LogP contribution is -2.47. The molecule has 2 aromatic rings. The van der Waals surface area contributed by atoms with Gasteiger partial charge in [-0.05, 0) is 42.9 Å². The molecule has 0 radical (unpaired) electrons. The molecule has 6 nitrogen and oxygen atoms in total. The number of aliphatic carboxylic acids is 1. The Hall–Kier alpha value is -2.80. The summed E-state index contributed by atoms with van der Waals surface area (Å²) in [6, 6.07) is 16.0. The van der Waals surface area contributed by atoms with Crippen LogP contribution >= 0.6 is 12.6 Å². The van der Waals surface area contributed by atoms with Gasteiger partial charge in [0.1, 0.15) is 6.04 Å². The Morgan fingerprint density at radius 1 is 1.10 bits per heavy atom. The zero-order valence-corrected chi connectivity index (χ0v) is 17.7. The number of hydrogen-bond donors (Lipinski definition) is 3. The Balaban J connectivity index is 1.67.